The summed E-state index contributed by atoms with van der Waals surface area (Å²) in [5, 5.41) is 0. The van der Waals surface area contributed by atoms with Crippen molar-refractivity contribution in [3.8, 4) is 0 Å². The van der Waals surface area contributed by atoms with E-state index in [-0.39, 0.29) is 0 Å². The lowest BCUT2D eigenvalue weighted by atomic mass is 10.2. The summed E-state index contributed by atoms with van der Waals surface area (Å²) in [5.74, 6) is 0. The van der Waals surface area contributed by atoms with Gasteiger partial charge in [0.1, 0.15) is 0 Å². The lowest BCUT2D eigenvalue weighted by molar-refractivity contribution is 0.194. The second-order valence-electron chi connectivity index (χ2n) is 4.16. The van der Waals surface area contributed by atoms with Crippen molar-refractivity contribution in [1.29, 1.82) is 0 Å². The van der Waals surface area contributed by atoms with Crippen LogP contribution in [0.1, 0.15) is 44.9 Å². The predicted octanol–water partition coefficient (Wildman–Crippen LogP) is 4.20. The van der Waals surface area contributed by atoms with Crippen molar-refractivity contribution < 1.29 is 0 Å². The number of thiazole rings is 1. The standard InChI is InChI=1S/C12H21ClN2S/c1-4-6-7-15(10(3)5-2)9-11-8-14-12(13)16-11/h8,10H,4-7,9H2,1-3H3. The molecular weight excluding hydrogens is 240 g/mol. The lowest BCUT2D eigenvalue weighted by Crippen LogP contribution is -2.32. The van der Waals surface area contributed by atoms with Gasteiger partial charge in [-0.25, -0.2) is 4.98 Å². The molecule has 0 aliphatic heterocycles. The first-order valence-electron chi connectivity index (χ1n) is 6.01. The van der Waals surface area contributed by atoms with E-state index in [9.17, 15) is 0 Å². The molecule has 1 unspecified atom stereocenters. The van der Waals surface area contributed by atoms with Crippen LogP contribution in [0.5, 0.6) is 0 Å². The van der Waals surface area contributed by atoms with Crippen LogP contribution < -0.4 is 0 Å². The molecule has 0 fully saturated rings. The number of halogens is 1. The molecule has 2 nitrogen and oxygen atoms in total. The van der Waals surface area contributed by atoms with Crippen LogP contribution in [0.2, 0.25) is 4.47 Å². The van der Waals surface area contributed by atoms with Gasteiger partial charge in [0.05, 0.1) is 0 Å². The zero-order chi connectivity index (χ0) is 12.0. The lowest BCUT2D eigenvalue weighted by Gasteiger charge is -2.27. The van der Waals surface area contributed by atoms with Gasteiger partial charge in [-0.2, -0.15) is 0 Å². The minimum Gasteiger partial charge on any atom is -0.296 e. The average Bonchev–Trinajstić information content (AvgIpc) is 2.69. The summed E-state index contributed by atoms with van der Waals surface area (Å²) in [7, 11) is 0. The van der Waals surface area contributed by atoms with E-state index in [0.29, 0.717) is 10.5 Å². The van der Waals surface area contributed by atoms with Crippen molar-refractivity contribution in [2.24, 2.45) is 0 Å². The van der Waals surface area contributed by atoms with Gasteiger partial charge in [-0.15, -0.1) is 11.3 Å². The average molecular weight is 261 g/mol. The van der Waals surface area contributed by atoms with Gasteiger partial charge in [0.25, 0.3) is 0 Å². The summed E-state index contributed by atoms with van der Waals surface area (Å²) >= 11 is 7.44. The maximum Gasteiger partial charge on any atom is 0.183 e. The highest BCUT2D eigenvalue weighted by Crippen LogP contribution is 2.21. The van der Waals surface area contributed by atoms with Crippen LogP contribution in [0.4, 0.5) is 0 Å². The van der Waals surface area contributed by atoms with Crippen molar-refractivity contribution in [3.05, 3.63) is 15.5 Å². The van der Waals surface area contributed by atoms with E-state index < -0.39 is 0 Å². The van der Waals surface area contributed by atoms with Gasteiger partial charge in [-0.05, 0) is 26.3 Å². The van der Waals surface area contributed by atoms with E-state index in [1.807, 2.05) is 6.20 Å². The molecule has 0 radical (unpaired) electrons. The van der Waals surface area contributed by atoms with Crippen LogP contribution in [0, 0.1) is 0 Å². The number of unbranched alkanes of at least 4 members (excludes halogenated alkanes) is 1. The highest BCUT2D eigenvalue weighted by molar-refractivity contribution is 7.15. The third-order valence-electron chi connectivity index (χ3n) is 2.90. The largest absolute Gasteiger partial charge is 0.296 e. The van der Waals surface area contributed by atoms with Gasteiger partial charge < -0.3 is 0 Å². The molecule has 1 rings (SSSR count). The number of hydrogen-bond donors (Lipinski definition) is 0. The van der Waals surface area contributed by atoms with Crippen molar-refractivity contribution in [2.45, 2.75) is 52.6 Å². The molecule has 0 spiro atoms. The fourth-order valence-corrected chi connectivity index (χ4v) is 2.64. The molecule has 0 aliphatic rings. The van der Waals surface area contributed by atoms with Gasteiger partial charge in [0.15, 0.2) is 4.47 Å². The first kappa shape index (κ1) is 13.9. The van der Waals surface area contributed by atoms with Crippen LogP contribution in [0.15, 0.2) is 6.20 Å². The fraction of sp³-hybridized carbons (Fsp3) is 0.750. The zero-order valence-corrected chi connectivity index (χ0v) is 11.9. The summed E-state index contributed by atoms with van der Waals surface area (Å²) in [6, 6.07) is 0.632. The van der Waals surface area contributed by atoms with Gasteiger partial charge in [-0.1, -0.05) is 31.9 Å². The summed E-state index contributed by atoms with van der Waals surface area (Å²) in [6.07, 6.45) is 5.60. The molecule has 0 saturated heterocycles. The van der Waals surface area contributed by atoms with E-state index in [0.717, 1.165) is 6.54 Å². The Hall–Kier alpha value is -0.120. The molecule has 1 aromatic rings. The highest BCUT2D eigenvalue weighted by atomic mass is 35.5. The number of nitrogens with zero attached hydrogens (tertiary/aromatic N) is 2. The minimum atomic E-state index is 0.632. The Labute approximate surface area is 108 Å². The topological polar surface area (TPSA) is 16.1 Å². The first-order valence-corrected chi connectivity index (χ1v) is 7.21. The van der Waals surface area contributed by atoms with Gasteiger partial charge in [0, 0.05) is 23.7 Å². The van der Waals surface area contributed by atoms with E-state index in [1.54, 1.807) is 11.3 Å². The monoisotopic (exact) mass is 260 g/mol. The normalized spacial score (nSPS) is 13.3. The molecule has 0 aromatic carbocycles. The summed E-state index contributed by atoms with van der Waals surface area (Å²) in [5.41, 5.74) is 0. The van der Waals surface area contributed by atoms with Crippen LogP contribution in [-0.2, 0) is 6.54 Å². The Kier molecular flexibility index (Phi) is 6.32. The third-order valence-corrected chi connectivity index (χ3v) is 4.00. The SMILES string of the molecule is CCCCN(Cc1cnc(Cl)s1)C(C)CC. The van der Waals surface area contributed by atoms with Gasteiger partial charge in [0.2, 0.25) is 0 Å². The summed E-state index contributed by atoms with van der Waals surface area (Å²) < 4.78 is 0.648. The molecular formula is C12H21ClN2S. The molecule has 4 heteroatoms. The number of aromatic nitrogens is 1. The molecule has 0 saturated carbocycles. The first-order chi connectivity index (χ1) is 7.67. The van der Waals surface area contributed by atoms with Crippen LogP contribution >= 0.6 is 22.9 Å². The van der Waals surface area contributed by atoms with Crippen molar-refractivity contribution >= 4 is 22.9 Å². The molecule has 0 bridgehead atoms. The molecule has 0 N–H and O–H groups in total. The molecule has 16 heavy (non-hydrogen) atoms. The second-order valence-corrected chi connectivity index (χ2v) is 5.86. The maximum absolute atomic E-state index is 5.85. The van der Waals surface area contributed by atoms with Gasteiger partial charge >= 0.3 is 0 Å². The Morgan fingerprint density at radius 1 is 1.50 bits per heavy atom. The number of hydrogen-bond acceptors (Lipinski definition) is 3. The fourth-order valence-electron chi connectivity index (χ4n) is 1.63. The van der Waals surface area contributed by atoms with Crippen LogP contribution in [-0.4, -0.2) is 22.5 Å². The van der Waals surface area contributed by atoms with Crippen molar-refractivity contribution in [3.63, 3.8) is 0 Å². The van der Waals surface area contributed by atoms with E-state index >= 15 is 0 Å². The van der Waals surface area contributed by atoms with Crippen LogP contribution in [0.3, 0.4) is 0 Å². The minimum absolute atomic E-state index is 0.632. The molecule has 0 amide bonds. The smallest absolute Gasteiger partial charge is 0.183 e. The molecule has 1 atom stereocenters. The Morgan fingerprint density at radius 2 is 2.25 bits per heavy atom. The van der Waals surface area contributed by atoms with E-state index in [2.05, 4.69) is 30.7 Å². The molecule has 0 aliphatic carbocycles. The quantitative estimate of drug-likeness (QED) is 0.731. The Bertz CT molecular complexity index is 301. The van der Waals surface area contributed by atoms with Crippen molar-refractivity contribution in [1.82, 2.24) is 9.88 Å². The van der Waals surface area contributed by atoms with Crippen LogP contribution in [0.25, 0.3) is 0 Å². The Balaban J connectivity index is 2.55. The molecule has 1 heterocycles. The van der Waals surface area contributed by atoms with Crippen molar-refractivity contribution in [2.75, 3.05) is 6.54 Å². The maximum atomic E-state index is 5.85. The summed E-state index contributed by atoms with van der Waals surface area (Å²) in [4.78, 5) is 7.88. The predicted molar refractivity (Wildman–Crippen MR) is 72.2 cm³/mol. The zero-order valence-electron chi connectivity index (χ0n) is 10.4. The molecule has 92 valence electrons. The third kappa shape index (κ3) is 4.40. The second kappa shape index (κ2) is 7.25. The molecule has 1 aromatic heterocycles. The Morgan fingerprint density at radius 3 is 2.75 bits per heavy atom. The van der Waals surface area contributed by atoms with E-state index in [1.165, 1.54) is 30.7 Å². The van der Waals surface area contributed by atoms with Gasteiger partial charge in [-0.3, -0.25) is 4.90 Å². The van der Waals surface area contributed by atoms with E-state index in [4.69, 9.17) is 11.6 Å². The number of rotatable bonds is 7. The highest BCUT2D eigenvalue weighted by Gasteiger charge is 2.13. The summed E-state index contributed by atoms with van der Waals surface area (Å²) in [6.45, 7) is 8.92.